The second-order valence-electron chi connectivity index (χ2n) is 8.84. The number of para-hydroxylation sites is 1. The second kappa shape index (κ2) is 7.29. The molecule has 0 atom stereocenters. The van der Waals surface area contributed by atoms with E-state index in [9.17, 15) is 0 Å². The summed E-state index contributed by atoms with van der Waals surface area (Å²) in [6.07, 6.45) is 1.90. The third-order valence-electron chi connectivity index (χ3n) is 6.93. The fraction of sp³-hybridized carbons (Fsp3) is 0.0312. The number of rotatable bonds is 2. The van der Waals surface area contributed by atoms with Crippen LogP contribution < -0.4 is 0 Å². The van der Waals surface area contributed by atoms with Crippen molar-refractivity contribution in [3.63, 3.8) is 0 Å². The summed E-state index contributed by atoms with van der Waals surface area (Å²) >= 11 is 0. The van der Waals surface area contributed by atoms with Gasteiger partial charge < -0.3 is 4.42 Å². The Hall–Kier alpha value is -4.43. The predicted octanol–water partition coefficient (Wildman–Crippen LogP) is 8.93. The van der Waals surface area contributed by atoms with E-state index in [-0.39, 0.29) is 0 Å². The van der Waals surface area contributed by atoms with Gasteiger partial charge in [-0.25, -0.2) is 0 Å². The van der Waals surface area contributed by atoms with E-state index < -0.39 is 0 Å². The number of nitrogens with zero attached hydrogens (tertiary/aromatic N) is 1. The van der Waals surface area contributed by atoms with Crippen molar-refractivity contribution < 1.29 is 4.42 Å². The predicted molar refractivity (Wildman–Crippen MR) is 142 cm³/mol. The first kappa shape index (κ1) is 19.1. The maximum absolute atomic E-state index is 6.54. The van der Waals surface area contributed by atoms with Crippen molar-refractivity contribution in [3.8, 4) is 22.4 Å². The first-order chi connectivity index (χ1) is 16.8. The van der Waals surface area contributed by atoms with E-state index in [1.165, 1.54) is 27.3 Å². The Morgan fingerprint density at radius 1 is 0.559 bits per heavy atom. The number of aromatic nitrogens is 1. The molecule has 160 valence electrons. The molecule has 0 unspecified atom stereocenters. The molecule has 0 saturated carbocycles. The van der Waals surface area contributed by atoms with Gasteiger partial charge in [0.15, 0.2) is 0 Å². The fourth-order valence-corrected chi connectivity index (χ4v) is 5.21. The second-order valence-corrected chi connectivity index (χ2v) is 8.84. The molecule has 0 fully saturated rings. The van der Waals surface area contributed by atoms with E-state index >= 15 is 0 Å². The van der Waals surface area contributed by atoms with Crippen molar-refractivity contribution >= 4 is 43.5 Å². The first-order valence-corrected chi connectivity index (χ1v) is 11.6. The Morgan fingerprint density at radius 3 is 2.15 bits per heavy atom. The van der Waals surface area contributed by atoms with Crippen LogP contribution >= 0.6 is 0 Å². The molecule has 0 aliphatic heterocycles. The van der Waals surface area contributed by atoms with Crippen LogP contribution in [-0.4, -0.2) is 4.98 Å². The monoisotopic (exact) mass is 435 g/mol. The number of hydrogen-bond acceptors (Lipinski definition) is 2. The summed E-state index contributed by atoms with van der Waals surface area (Å²) in [6.45, 7) is 2.20. The molecule has 0 aliphatic carbocycles. The molecule has 2 heteroatoms. The lowest BCUT2D eigenvalue weighted by Crippen LogP contribution is -1.89. The molecule has 7 rings (SSSR count). The number of benzene rings is 5. The highest BCUT2D eigenvalue weighted by Crippen LogP contribution is 2.39. The fourth-order valence-electron chi connectivity index (χ4n) is 5.21. The molecule has 5 aromatic carbocycles. The average molecular weight is 436 g/mol. The number of aryl methyl sites for hydroxylation is 1. The van der Waals surface area contributed by atoms with Crippen molar-refractivity contribution in [1.82, 2.24) is 4.98 Å². The van der Waals surface area contributed by atoms with Crippen LogP contribution in [0.3, 0.4) is 0 Å². The van der Waals surface area contributed by atoms with Gasteiger partial charge >= 0.3 is 0 Å². The molecule has 0 aliphatic rings. The van der Waals surface area contributed by atoms with Crippen LogP contribution in [0.1, 0.15) is 5.56 Å². The summed E-state index contributed by atoms with van der Waals surface area (Å²) < 4.78 is 6.54. The summed E-state index contributed by atoms with van der Waals surface area (Å²) in [7, 11) is 0. The molecule has 0 N–H and O–H groups in total. The zero-order chi connectivity index (χ0) is 22.6. The molecular weight excluding hydrogens is 414 g/mol. The summed E-state index contributed by atoms with van der Waals surface area (Å²) in [5.41, 5.74) is 7.41. The van der Waals surface area contributed by atoms with Crippen molar-refractivity contribution in [1.29, 1.82) is 0 Å². The smallest absolute Gasteiger partial charge is 0.144 e. The third-order valence-corrected chi connectivity index (χ3v) is 6.93. The topological polar surface area (TPSA) is 26.0 Å². The van der Waals surface area contributed by atoms with Crippen LogP contribution in [0.5, 0.6) is 0 Å². The van der Waals surface area contributed by atoms with Gasteiger partial charge in [-0.15, -0.1) is 0 Å². The molecule has 0 saturated heterocycles. The van der Waals surface area contributed by atoms with Gasteiger partial charge in [0.2, 0.25) is 0 Å². The molecule has 0 amide bonds. The number of pyridine rings is 1. The Balaban J connectivity index is 1.45. The standard InChI is InChI=1S/C32H21NO/c1-20-24-9-4-2-7-21(24)13-15-25(20)23-17-18-33-30(19-23)29-12-6-11-27-28-16-14-22-8-3-5-10-26(22)31(28)34-32(27)29/h2-19H,1H3. The molecule has 2 nitrogen and oxygen atoms in total. The molecule has 34 heavy (non-hydrogen) atoms. The van der Waals surface area contributed by atoms with Gasteiger partial charge in [-0.3, -0.25) is 4.98 Å². The van der Waals surface area contributed by atoms with Gasteiger partial charge in [-0.1, -0.05) is 78.9 Å². The number of furan rings is 1. The van der Waals surface area contributed by atoms with Crippen LogP contribution in [-0.2, 0) is 0 Å². The van der Waals surface area contributed by atoms with Gasteiger partial charge in [0, 0.05) is 27.9 Å². The van der Waals surface area contributed by atoms with E-state index in [1.54, 1.807) is 0 Å². The zero-order valence-electron chi connectivity index (χ0n) is 18.7. The zero-order valence-corrected chi connectivity index (χ0v) is 18.7. The third kappa shape index (κ3) is 2.79. The van der Waals surface area contributed by atoms with E-state index in [1.807, 2.05) is 6.20 Å². The number of hydrogen-bond donors (Lipinski definition) is 0. The molecule has 2 heterocycles. The lowest BCUT2D eigenvalue weighted by molar-refractivity contribution is 0.673. The Morgan fingerprint density at radius 2 is 1.26 bits per heavy atom. The highest BCUT2D eigenvalue weighted by Gasteiger charge is 2.15. The molecule has 7 aromatic rings. The van der Waals surface area contributed by atoms with Crippen LogP contribution in [0.4, 0.5) is 0 Å². The summed E-state index contributed by atoms with van der Waals surface area (Å²) in [6, 6.07) is 36.3. The molecule has 0 radical (unpaired) electrons. The van der Waals surface area contributed by atoms with E-state index in [0.717, 1.165) is 44.1 Å². The quantitative estimate of drug-likeness (QED) is 0.271. The largest absolute Gasteiger partial charge is 0.455 e. The van der Waals surface area contributed by atoms with Gasteiger partial charge in [0.25, 0.3) is 0 Å². The highest BCUT2D eigenvalue weighted by atomic mass is 16.3. The van der Waals surface area contributed by atoms with Crippen LogP contribution in [0.25, 0.3) is 65.9 Å². The molecule has 0 spiro atoms. The van der Waals surface area contributed by atoms with Crippen molar-refractivity contribution in [2.75, 3.05) is 0 Å². The SMILES string of the molecule is Cc1c(-c2ccnc(-c3cccc4c3oc3c5ccccc5ccc43)c2)ccc2ccccc12. The molecule has 0 bridgehead atoms. The maximum atomic E-state index is 6.54. The van der Waals surface area contributed by atoms with Crippen LogP contribution in [0, 0.1) is 6.92 Å². The van der Waals surface area contributed by atoms with Gasteiger partial charge in [-0.05, 0) is 64.0 Å². The maximum Gasteiger partial charge on any atom is 0.144 e. The first-order valence-electron chi connectivity index (χ1n) is 11.6. The van der Waals surface area contributed by atoms with Crippen molar-refractivity contribution in [2.45, 2.75) is 6.92 Å². The minimum atomic E-state index is 0.883. The summed E-state index contributed by atoms with van der Waals surface area (Å²) in [5, 5.41) is 7.12. The van der Waals surface area contributed by atoms with Gasteiger partial charge in [0.05, 0.1) is 5.69 Å². The Labute approximate surface area is 197 Å². The minimum Gasteiger partial charge on any atom is -0.455 e. The highest BCUT2D eigenvalue weighted by molar-refractivity contribution is 6.17. The van der Waals surface area contributed by atoms with E-state index in [0.29, 0.717) is 0 Å². The minimum absolute atomic E-state index is 0.883. The molecule has 2 aromatic heterocycles. The van der Waals surface area contributed by atoms with Crippen molar-refractivity contribution in [2.24, 2.45) is 0 Å². The molecular formula is C32H21NO. The van der Waals surface area contributed by atoms with Crippen molar-refractivity contribution in [3.05, 3.63) is 115 Å². The Bertz CT molecular complexity index is 1880. The van der Waals surface area contributed by atoms with Gasteiger partial charge in [0.1, 0.15) is 11.2 Å². The number of fused-ring (bicyclic) bond motifs is 6. The van der Waals surface area contributed by atoms with Gasteiger partial charge in [-0.2, -0.15) is 0 Å². The average Bonchev–Trinajstić information content (AvgIpc) is 3.29. The van der Waals surface area contributed by atoms with Crippen LogP contribution in [0.15, 0.2) is 114 Å². The normalized spacial score (nSPS) is 11.7. The lowest BCUT2D eigenvalue weighted by Gasteiger charge is -2.11. The van der Waals surface area contributed by atoms with Crippen LogP contribution in [0.2, 0.25) is 0 Å². The summed E-state index contributed by atoms with van der Waals surface area (Å²) in [5.74, 6) is 0. The lowest BCUT2D eigenvalue weighted by atomic mass is 9.94. The van der Waals surface area contributed by atoms with E-state index in [2.05, 4.69) is 110 Å². The Kier molecular flexibility index (Phi) is 4.09. The summed E-state index contributed by atoms with van der Waals surface area (Å²) in [4.78, 5) is 4.75. The van der Waals surface area contributed by atoms with E-state index in [4.69, 9.17) is 9.40 Å².